The minimum Gasteiger partial charge on any atom is -0.460 e. The highest BCUT2D eigenvalue weighted by atomic mass is 16.6. The molecule has 0 aromatic carbocycles. The summed E-state index contributed by atoms with van der Waals surface area (Å²) in [7, 11) is 0. The van der Waals surface area contributed by atoms with Gasteiger partial charge in [-0.2, -0.15) is 0 Å². The van der Waals surface area contributed by atoms with Crippen molar-refractivity contribution >= 4 is 11.9 Å². The van der Waals surface area contributed by atoms with Gasteiger partial charge in [-0.15, -0.1) is 0 Å². The number of ether oxygens (including phenoxy) is 2. The monoisotopic (exact) mass is 271 g/mol. The summed E-state index contributed by atoms with van der Waals surface area (Å²) < 4.78 is 10.4. The lowest BCUT2D eigenvalue weighted by molar-refractivity contribution is -0.155. The van der Waals surface area contributed by atoms with E-state index in [1.807, 2.05) is 27.7 Å². The van der Waals surface area contributed by atoms with Crippen LogP contribution in [0.15, 0.2) is 0 Å². The van der Waals surface area contributed by atoms with Crippen LogP contribution in [0.2, 0.25) is 0 Å². The van der Waals surface area contributed by atoms with E-state index < -0.39 is 5.60 Å². The van der Waals surface area contributed by atoms with E-state index in [1.165, 1.54) is 0 Å². The molecule has 0 bridgehead atoms. The molecule has 19 heavy (non-hydrogen) atoms. The molecule has 1 heterocycles. The Bertz CT molecular complexity index is 327. The molecule has 110 valence electrons. The lowest BCUT2D eigenvalue weighted by Crippen LogP contribution is -2.49. The number of carbonyl (C=O) groups is 2. The minimum absolute atomic E-state index is 0.102. The first-order chi connectivity index (χ1) is 8.70. The third kappa shape index (κ3) is 6.57. The van der Waals surface area contributed by atoms with Gasteiger partial charge in [0.2, 0.25) is 5.91 Å². The first-order valence-electron chi connectivity index (χ1n) is 6.81. The predicted octanol–water partition coefficient (Wildman–Crippen LogP) is 1.79. The average Bonchev–Trinajstić information content (AvgIpc) is 2.24. The molecule has 1 saturated heterocycles. The Labute approximate surface area is 115 Å². The lowest BCUT2D eigenvalue weighted by Gasteiger charge is -2.34. The van der Waals surface area contributed by atoms with E-state index in [9.17, 15) is 9.59 Å². The van der Waals surface area contributed by atoms with Crippen molar-refractivity contribution in [3.05, 3.63) is 0 Å². The van der Waals surface area contributed by atoms with Gasteiger partial charge in [-0.05, 0) is 40.5 Å². The molecular formula is C14H25NO4. The number of rotatable bonds is 4. The topological polar surface area (TPSA) is 64.6 Å². The van der Waals surface area contributed by atoms with E-state index in [2.05, 4.69) is 5.32 Å². The second-order valence-corrected chi connectivity index (χ2v) is 6.31. The largest absolute Gasteiger partial charge is 0.460 e. The van der Waals surface area contributed by atoms with E-state index in [1.54, 1.807) is 0 Å². The highest BCUT2D eigenvalue weighted by molar-refractivity contribution is 5.81. The summed E-state index contributed by atoms with van der Waals surface area (Å²) in [6.45, 7) is 8.79. The molecule has 5 heteroatoms. The number of nitrogens with one attached hydrogen (secondary N) is 1. The maximum atomic E-state index is 11.8. The van der Waals surface area contributed by atoms with Gasteiger partial charge in [0, 0.05) is 25.2 Å². The summed E-state index contributed by atoms with van der Waals surface area (Å²) in [4.78, 5) is 23.3. The van der Waals surface area contributed by atoms with Crippen LogP contribution < -0.4 is 5.32 Å². The number of hydrogen-bond donors (Lipinski definition) is 1. The summed E-state index contributed by atoms with van der Waals surface area (Å²) in [5.74, 6) is -0.435. The maximum absolute atomic E-state index is 11.8. The van der Waals surface area contributed by atoms with Crippen LogP contribution in [-0.2, 0) is 19.1 Å². The lowest BCUT2D eigenvalue weighted by atomic mass is 9.92. The Balaban J connectivity index is 2.29. The Hall–Kier alpha value is -1.10. The first kappa shape index (κ1) is 16.0. The molecule has 1 N–H and O–H groups in total. The van der Waals surface area contributed by atoms with Gasteiger partial charge < -0.3 is 14.8 Å². The molecule has 0 radical (unpaired) electrons. The van der Waals surface area contributed by atoms with Gasteiger partial charge >= 0.3 is 5.97 Å². The molecule has 0 aromatic rings. The minimum atomic E-state index is -0.500. The molecule has 1 aliphatic heterocycles. The number of hydrogen-bond acceptors (Lipinski definition) is 4. The summed E-state index contributed by atoms with van der Waals surface area (Å²) in [6, 6.07) is 0. The van der Waals surface area contributed by atoms with Crippen LogP contribution in [0.25, 0.3) is 0 Å². The zero-order valence-corrected chi connectivity index (χ0v) is 12.4. The Morgan fingerprint density at radius 2 is 1.79 bits per heavy atom. The first-order valence-corrected chi connectivity index (χ1v) is 6.81. The van der Waals surface area contributed by atoms with Gasteiger partial charge in [0.1, 0.15) is 5.60 Å². The van der Waals surface area contributed by atoms with Crippen LogP contribution in [0, 0.1) is 0 Å². The summed E-state index contributed by atoms with van der Waals surface area (Å²) >= 11 is 0. The molecule has 0 unspecified atom stereocenters. The fourth-order valence-electron chi connectivity index (χ4n) is 1.95. The van der Waals surface area contributed by atoms with E-state index in [4.69, 9.17) is 9.47 Å². The zero-order valence-electron chi connectivity index (χ0n) is 12.4. The predicted molar refractivity (Wildman–Crippen MR) is 71.7 cm³/mol. The fourth-order valence-corrected chi connectivity index (χ4v) is 1.95. The molecule has 5 nitrogen and oxygen atoms in total. The van der Waals surface area contributed by atoms with Crippen molar-refractivity contribution in [3.63, 3.8) is 0 Å². The van der Waals surface area contributed by atoms with E-state index in [-0.39, 0.29) is 30.3 Å². The maximum Gasteiger partial charge on any atom is 0.306 e. The average molecular weight is 271 g/mol. The van der Waals surface area contributed by atoms with Crippen LogP contribution in [-0.4, -0.2) is 36.2 Å². The van der Waals surface area contributed by atoms with Gasteiger partial charge in [0.05, 0.1) is 6.42 Å². The Morgan fingerprint density at radius 3 is 2.32 bits per heavy atom. The van der Waals surface area contributed by atoms with Gasteiger partial charge in [0.15, 0.2) is 0 Å². The zero-order chi connectivity index (χ0) is 14.5. The van der Waals surface area contributed by atoms with Crippen LogP contribution in [0.3, 0.4) is 0 Å². The van der Waals surface area contributed by atoms with Gasteiger partial charge in [-0.1, -0.05) is 0 Å². The molecule has 0 saturated carbocycles. The third-order valence-electron chi connectivity index (χ3n) is 3.01. The Kier molecular flexibility index (Phi) is 5.35. The molecule has 1 fully saturated rings. The molecule has 1 aliphatic rings. The highest BCUT2D eigenvalue weighted by Crippen LogP contribution is 2.20. The second kappa shape index (κ2) is 6.37. The second-order valence-electron chi connectivity index (χ2n) is 6.31. The molecule has 0 atom stereocenters. The van der Waals surface area contributed by atoms with Crippen LogP contribution in [0.4, 0.5) is 0 Å². The van der Waals surface area contributed by atoms with E-state index in [0.717, 1.165) is 12.8 Å². The quantitative estimate of drug-likeness (QED) is 0.792. The number of carbonyl (C=O) groups excluding carboxylic acids is 2. The number of esters is 1. The third-order valence-corrected chi connectivity index (χ3v) is 3.01. The molecule has 0 aliphatic carbocycles. The van der Waals surface area contributed by atoms with Crippen molar-refractivity contribution in [2.24, 2.45) is 0 Å². The normalized spacial score (nSPS) is 18.7. The SMILES string of the molecule is CC1(NC(=O)CCC(=O)OC(C)(C)C)CCOCC1. The van der Waals surface area contributed by atoms with Crippen molar-refractivity contribution in [2.75, 3.05) is 13.2 Å². The van der Waals surface area contributed by atoms with Gasteiger partial charge in [-0.25, -0.2) is 0 Å². The number of amides is 1. The summed E-state index contributed by atoms with van der Waals surface area (Å²) in [6.07, 6.45) is 1.91. The molecule has 1 rings (SSSR count). The van der Waals surface area contributed by atoms with E-state index in [0.29, 0.717) is 13.2 Å². The van der Waals surface area contributed by atoms with Crippen molar-refractivity contribution in [1.29, 1.82) is 0 Å². The Morgan fingerprint density at radius 1 is 1.21 bits per heavy atom. The molecular weight excluding hydrogens is 246 g/mol. The van der Waals surface area contributed by atoms with Crippen molar-refractivity contribution in [1.82, 2.24) is 5.32 Å². The highest BCUT2D eigenvalue weighted by Gasteiger charge is 2.29. The van der Waals surface area contributed by atoms with Gasteiger partial charge in [0.25, 0.3) is 0 Å². The smallest absolute Gasteiger partial charge is 0.306 e. The summed E-state index contributed by atoms with van der Waals surface area (Å²) in [5.41, 5.74) is -0.705. The molecule has 0 spiro atoms. The van der Waals surface area contributed by atoms with Crippen LogP contribution in [0.1, 0.15) is 53.4 Å². The van der Waals surface area contributed by atoms with Crippen LogP contribution in [0.5, 0.6) is 0 Å². The van der Waals surface area contributed by atoms with Gasteiger partial charge in [-0.3, -0.25) is 9.59 Å². The van der Waals surface area contributed by atoms with Crippen molar-refractivity contribution < 1.29 is 19.1 Å². The summed E-state index contributed by atoms with van der Waals surface area (Å²) in [5, 5.41) is 2.99. The standard InChI is InChI=1S/C14H25NO4/c1-13(2,3)19-12(17)6-5-11(16)15-14(4)7-9-18-10-8-14/h5-10H2,1-4H3,(H,15,16). The fraction of sp³-hybridized carbons (Fsp3) is 0.857. The van der Waals surface area contributed by atoms with Crippen molar-refractivity contribution in [3.8, 4) is 0 Å². The van der Waals surface area contributed by atoms with Crippen molar-refractivity contribution in [2.45, 2.75) is 64.5 Å². The molecule has 1 amide bonds. The molecule has 0 aromatic heterocycles. The van der Waals surface area contributed by atoms with E-state index >= 15 is 0 Å². The van der Waals surface area contributed by atoms with Crippen LogP contribution >= 0.6 is 0 Å².